The van der Waals surface area contributed by atoms with E-state index in [0.29, 0.717) is 50.1 Å². The molecule has 7 N–H and O–H groups in total. The number of ketones is 1. The second kappa shape index (κ2) is 17.7. The van der Waals surface area contributed by atoms with Crippen LogP contribution in [0.25, 0.3) is 10.9 Å². The Morgan fingerprint density at radius 3 is 2.42 bits per heavy atom. The van der Waals surface area contributed by atoms with Gasteiger partial charge in [0.25, 0.3) is 0 Å². The summed E-state index contributed by atoms with van der Waals surface area (Å²) in [5, 5.41) is 7.11. The molecule has 266 valence electrons. The Bertz CT molecular complexity index is 1800. The molecule has 2 amide bonds. The minimum Gasteiger partial charge on any atom is -0.361 e. The van der Waals surface area contributed by atoms with Crippen LogP contribution in [0.1, 0.15) is 55.2 Å². The Morgan fingerprint density at radius 1 is 0.880 bits per heavy atom. The first-order valence-corrected chi connectivity index (χ1v) is 18.0. The molecule has 1 aliphatic heterocycles. The number of nitrogens with one attached hydrogen (secondary N) is 3. The summed E-state index contributed by atoms with van der Waals surface area (Å²) in [5.74, 6) is -2.96. The molecule has 0 saturated heterocycles. The first kappa shape index (κ1) is 37.2. The molecule has 0 fully saturated rings. The number of unbranched alkanes of at least 4 members (excludes halogenated alkanes) is 1. The van der Waals surface area contributed by atoms with Crippen LogP contribution in [0.5, 0.6) is 0 Å². The van der Waals surface area contributed by atoms with E-state index in [4.69, 9.17) is 11.5 Å². The van der Waals surface area contributed by atoms with E-state index in [1.165, 1.54) is 4.90 Å². The Kier molecular flexibility index (Phi) is 13.2. The summed E-state index contributed by atoms with van der Waals surface area (Å²) in [6, 6.07) is 15.5. The summed E-state index contributed by atoms with van der Waals surface area (Å²) < 4.78 is 30.9. The molecule has 50 heavy (non-hydrogen) atoms. The van der Waals surface area contributed by atoms with E-state index in [0.717, 1.165) is 45.9 Å². The first-order valence-electron chi connectivity index (χ1n) is 17.2. The molecule has 0 unspecified atom stereocenters. The Balaban J connectivity index is 1.58. The molecule has 0 radical (unpaired) electrons. The van der Waals surface area contributed by atoms with Crippen molar-refractivity contribution >= 4 is 40.3 Å². The van der Waals surface area contributed by atoms with Crippen molar-refractivity contribution in [3.05, 3.63) is 95.2 Å². The van der Waals surface area contributed by atoms with E-state index in [9.17, 15) is 14.4 Å². The van der Waals surface area contributed by atoms with Gasteiger partial charge in [0.05, 0.1) is 10.9 Å². The maximum Gasteiger partial charge on any atom is 0.243 e. The molecule has 4 aromatic rings. The van der Waals surface area contributed by atoms with E-state index in [1.807, 2.05) is 54.7 Å². The number of rotatable bonds is 9. The normalized spacial score (nSPS) is 19.6. The molecule has 3 aromatic carbocycles. The molecular weight excluding hydrogens is 659 g/mol. The number of para-hydroxylation sites is 1. The number of hydrogen-bond acceptors (Lipinski definition) is 7. The molecule has 0 spiro atoms. The SMILES string of the molecule is CN1C(=O)[C@H](CCCCN)CC(=O)[C@H](CCCN)NCc2ccccc2Sc2c(F)ccc(F)c2CNC(=O)[C@@H]1Cc1c[nH]c2ccccc12. The predicted octanol–water partition coefficient (Wildman–Crippen LogP) is 5.20. The number of amides is 2. The quantitative estimate of drug-likeness (QED) is 0.151. The number of nitrogens with two attached hydrogens (primary N) is 2. The highest BCUT2D eigenvalue weighted by Crippen LogP contribution is 2.36. The van der Waals surface area contributed by atoms with Crippen LogP contribution < -0.4 is 22.1 Å². The number of carbonyl (C=O) groups is 3. The number of aromatic nitrogens is 1. The second-order valence-corrected chi connectivity index (χ2v) is 13.9. The number of Topliss-reactive ketones (excluding diaryl/α,β-unsaturated/α-hetero) is 1. The molecule has 0 aliphatic carbocycles. The molecule has 0 saturated carbocycles. The lowest BCUT2D eigenvalue weighted by Gasteiger charge is -2.31. The Hall–Kier alpha value is -4.10. The van der Waals surface area contributed by atoms with Gasteiger partial charge in [-0.05, 0) is 74.2 Å². The Labute approximate surface area is 295 Å². The first-order chi connectivity index (χ1) is 24.2. The van der Waals surface area contributed by atoms with E-state index in [2.05, 4.69) is 15.6 Å². The molecule has 9 nitrogen and oxygen atoms in total. The standard InChI is InChI=1S/C38H46F2N6O3S/c1-46-33(19-26-22-43-31-12-4-3-11-27(26)31)37(48)45-23-28-29(39)15-16-30(40)36(28)50-35-14-5-2-10-25(35)21-44-32(13-8-18-42)34(47)20-24(38(46)49)9-6-7-17-41/h2-5,10-12,14-16,22,24,32-33,43-44H,6-9,13,17-21,23,41-42H2,1H3,(H,45,48)/t24-,32+,33+/m1/s1. The van der Waals surface area contributed by atoms with Gasteiger partial charge in [-0.1, -0.05) is 54.6 Å². The molecule has 3 atom stereocenters. The van der Waals surface area contributed by atoms with Gasteiger partial charge in [-0.2, -0.15) is 0 Å². The highest BCUT2D eigenvalue weighted by molar-refractivity contribution is 7.99. The third kappa shape index (κ3) is 8.97. The lowest BCUT2D eigenvalue weighted by molar-refractivity contribution is -0.143. The predicted molar refractivity (Wildman–Crippen MR) is 192 cm³/mol. The zero-order valence-electron chi connectivity index (χ0n) is 28.4. The van der Waals surface area contributed by atoms with Crippen LogP contribution in [0.15, 0.2) is 76.7 Å². The highest BCUT2D eigenvalue weighted by atomic mass is 32.2. The number of nitrogens with zero attached hydrogens (tertiary/aromatic N) is 1. The summed E-state index contributed by atoms with van der Waals surface area (Å²) >= 11 is 1.07. The van der Waals surface area contributed by atoms with Crippen LogP contribution in [0.4, 0.5) is 8.78 Å². The third-order valence-corrected chi connectivity index (χ3v) is 10.7. The summed E-state index contributed by atoms with van der Waals surface area (Å²) in [4.78, 5) is 47.9. The zero-order chi connectivity index (χ0) is 35.6. The average Bonchev–Trinajstić information content (AvgIpc) is 3.53. The number of aromatic amines is 1. The maximum absolute atomic E-state index is 15.5. The molecule has 5 rings (SSSR count). The van der Waals surface area contributed by atoms with E-state index < -0.39 is 35.5 Å². The Morgan fingerprint density at radius 2 is 1.62 bits per heavy atom. The minimum absolute atomic E-state index is 0.00548. The van der Waals surface area contributed by atoms with Gasteiger partial charge in [0, 0.05) is 66.5 Å². The van der Waals surface area contributed by atoms with E-state index in [1.54, 1.807) is 7.05 Å². The number of benzene rings is 3. The summed E-state index contributed by atoms with van der Waals surface area (Å²) in [7, 11) is 1.57. The van der Waals surface area contributed by atoms with Crippen molar-refractivity contribution in [3.8, 4) is 0 Å². The van der Waals surface area contributed by atoms with Crippen LogP contribution in [0.3, 0.4) is 0 Å². The number of carbonyl (C=O) groups excluding carboxylic acids is 3. The van der Waals surface area contributed by atoms with Crippen molar-refractivity contribution < 1.29 is 23.2 Å². The topological polar surface area (TPSA) is 146 Å². The van der Waals surface area contributed by atoms with Crippen molar-refractivity contribution in [2.75, 3.05) is 20.1 Å². The highest BCUT2D eigenvalue weighted by Gasteiger charge is 2.34. The summed E-state index contributed by atoms with van der Waals surface area (Å²) in [6.45, 7) is 0.835. The van der Waals surface area contributed by atoms with Gasteiger partial charge in [0.15, 0.2) is 5.78 Å². The monoisotopic (exact) mass is 704 g/mol. The molecular formula is C38H46F2N6O3S. The van der Waals surface area contributed by atoms with Crippen molar-refractivity contribution in [2.45, 2.75) is 79.9 Å². The van der Waals surface area contributed by atoms with Crippen LogP contribution >= 0.6 is 11.8 Å². The second-order valence-electron chi connectivity index (χ2n) is 12.8. The van der Waals surface area contributed by atoms with Crippen LogP contribution in [-0.2, 0) is 33.9 Å². The molecule has 2 heterocycles. The van der Waals surface area contributed by atoms with Crippen LogP contribution in [0.2, 0.25) is 0 Å². The number of likely N-dealkylation sites (N-methyl/N-ethyl adjacent to an activating group) is 1. The van der Waals surface area contributed by atoms with Gasteiger partial charge in [0.1, 0.15) is 17.7 Å². The lowest BCUT2D eigenvalue weighted by Crippen LogP contribution is -2.51. The molecule has 12 heteroatoms. The van der Waals surface area contributed by atoms with E-state index >= 15 is 8.78 Å². The number of fused-ring (bicyclic) bond motifs is 3. The fourth-order valence-corrected chi connectivity index (χ4v) is 7.62. The third-order valence-electron chi connectivity index (χ3n) is 9.41. The number of hydrogen-bond donors (Lipinski definition) is 5. The molecule has 1 aliphatic rings. The summed E-state index contributed by atoms with van der Waals surface area (Å²) in [6.07, 6.45) is 4.76. The molecule has 0 bridgehead atoms. The smallest absolute Gasteiger partial charge is 0.243 e. The van der Waals surface area contributed by atoms with Crippen LogP contribution in [0, 0.1) is 17.6 Å². The fraction of sp³-hybridized carbons (Fsp3) is 0.395. The lowest BCUT2D eigenvalue weighted by atomic mass is 9.90. The van der Waals surface area contributed by atoms with Gasteiger partial charge in [-0.25, -0.2) is 8.78 Å². The number of halogens is 2. The minimum atomic E-state index is -1.01. The average molecular weight is 705 g/mol. The van der Waals surface area contributed by atoms with Crippen LogP contribution in [-0.4, -0.2) is 59.7 Å². The van der Waals surface area contributed by atoms with Crippen molar-refractivity contribution in [2.24, 2.45) is 17.4 Å². The van der Waals surface area contributed by atoms with Gasteiger partial charge >= 0.3 is 0 Å². The van der Waals surface area contributed by atoms with Gasteiger partial charge in [0.2, 0.25) is 11.8 Å². The zero-order valence-corrected chi connectivity index (χ0v) is 29.2. The van der Waals surface area contributed by atoms with E-state index in [-0.39, 0.29) is 48.1 Å². The van der Waals surface area contributed by atoms with Crippen molar-refractivity contribution in [1.29, 1.82) is 0 Å². The van der Waals surface area contributed by atoms with Gasteiger partial charge < -0.3 is 32.0 Å². The van der Waals surface area contributed by atoms with Crippen molar-refractivity contribution in [1.82, 2.24) is 20.5 Å². The largest absolute Gasteiger partial charge is 0.361 e. The fourth-order valence-electron chi connectivity index (χ4n) is 6.52. The number of H-pyrrole nitrogens is 1. The van der Waals surface area contributed by atoms with Gasteiger partial charge in [-0.15, -0.1) is 0 Å². The van der Waals surface area contributed by atoms with Gasteiger partial charge in [-0.3, -0.25) is 14.4 Å². The molecule has 1 aromatic heterocycles. The van der Waals surface area contributed by atoms with Crippen molar-refractivity contribution in [3.63, 3.8) is 0 Å². The maximum atomic E-state index is 15.5. The summed E-state index contributed by atoms with van der Waals surface area (Å²) in [5.41, 5.74) is 14.1.